The van der Waals surface area contributed by atoms with Crippen LogP contribution in [0.5, 0.6) is 0 Å². The lowest BCUT2D eigenvalue weighted by molar-refractivity contribution is -0.137. The minimum atomic E-state index is 0.298. The summed E-state index contributed by atoms with van der Waals surface area (Å²) in [6.07, 6.45) is 9.45. The Bertz CT molecular complexity index is 496. The molecule has 0 heterocycles. The number of rotatable bonds is 0. The maximum atomic E-state index is 12.1. The summed E-state index contributed by atoms with van der Waals surface area (Å²) in [5, 5.41) is 0. The van der Waals surface area contributed by atoms with Gasteiger partial charge in [-0.15, -0.1) is 0 Å². The minimum Gasteiger partial charge on any atom is -0.300 e. The molecule has 2 heteroatoms. The largest absolute Gasteiger partial charge is 0.300 e. The summed E-state index contributed by atoms with van der Waals surface area (Å²) >= 11 is 0. The molecule has 4 aliphatic rings. The van der Waals surface area contributed by atoms with Gasteiger partial charge in [-0.25, -0.2) is 0 Å². The maximum absolute atomic E-state index is 12.1. The number of Topliss-reactive ketones (excluding diaryl/α,β-unsaturated/α-hetero) is 2. The summed E-state index contributed by atoms with van der Waals surface area (Å²) < 4.78 is 0. The molecule has 0 aromatic rings. The van der Waals surface area contributed by atoms with Gasteiger partial charge in [0.1, 0.15) is 11.6 Å². The first-order valence-corrected chi connectivity index (χ1v) is 8.96. The van der Waals surface area contributed by atoms with Gasteiger partial charge in [-0.3, -0.25) is 9.59 Å². The van der Waals surface area contributed by atoms with Crippen LogP contribution in [-0.4, -0.2) is 11.6 Å². The molecule has 0 N–H and O–H groups in total. The molecule has 116 valence electrons. The van der Waals surface area contributed by atoms with Gasteiger partial charge in [0.2, 0.25) is 0 Å². The Labute approximate surface area is 128 Å². The zero-order chi connectivity index (χ0) is 14.8. The molecule has 4 fully saturated rings. The fourth-order valence-corrected chi connectivity index (χ4v) is 6.82. The summed E-state index contributed by atoms with van der Waals surface area (Å²) in [6.45, 7) is 4.85. The van der Waals surface area contributed by atoms with Crippen LogP contribution in [0.15, 0.2) is 0 Å². The van der Waals surface area contributed by atoms with Gasteiger partial charge in [0.25, 0.3) is 0 Å². The lowest BCUT2D eigenvalue weighted by Crippen LogP contribution is -2.52. The molecule has 0 bridgehead atoms. The van der Waals surface area contributed by atoms with Gasteiger partial charge in [0.15, 0.2) is 0 Å². The zero-order valence-electron chi connectivity index (χ0n) is 13.5. The van der Waals surface area contributed by atoms with Crippen molar-refractivity contribution in [2.45, 2.75) is 71.6 Å². The Kier molecular flexibility index (Phi) is 2.94. The van der Waals surface area contributed by atoms with Crippen LogP contribution < -0.4 is 0 Å². The van der Waals surface area contributed by atoms with E-state index in [9.17, 15) is 9.59 Å². The molecule has 2 nitrogen and oxygen atoms in total. The average Bonchev–Trinajstić information content (AvgIpc) is 2.74. The molecule has 0 spiro atoms. The predicted molar refractivity (Wildman–Crippen MR) is 81.7 cm³/mol. The van der Waals surface area contributed by atoms with Crippen molar-refractivity contribution in [1.82, 2.24) is 0 Å². The topological polar surface area (TPSA) is 34.1 Å². The molecule has 4 rings (SSSR count). The quantitative estimate of drug-likeness (QED) is 0.670. The predicted octanol–water partition coefficient (Wildman–Crippen LogP) is 4.17. The smallest absolute Gasteiger partial charge is 0.133 e. The average molecular weight is 288 g/mol. The van der Waals surface area contributed by atoms with E-state index in [0.717, 1.165) is 43.9 Å². The molecule has 0 amide bonds. The van der Waals surface area contributed by atoms with Crippen LogP contribution in [0.2, 0.25) is 0 Å². The van der Waals surface area contributed by atoms with Crippen LogP contribution in [-0.2, 0) is 9.59 Å². The van der Waals surface area contributed by atoms with Crippen molar-refractivity contribution in [2.24, 2.45) is 34.5 Å². The second kappa shape index (κ2) is 4.43. The van der Waals surface area contributed by atoms with Crippen molar-refractivity contribution in [2.75, 3.05) is 0 Å². The van der Waals surface area contributed by atoms with Crippen molar-refractivity contribution >= 4 is 11.6 Å². The zero-order valence-corrected chi connectivity index (χ0v) is 13.5. The van der Waals surface area contributed by atoms with E-state index in [1.807, 2.05) is 0 Å². The second-order valence-corrected chi connectivity index (χ2v) is 9.01. The third-order valence-corrected chi connectivity index (χ3v) is 8.05. The lowest BCUT2D eigenvalue weighted by Gasteiger charge is -2.59. The number of ketones is 2. The summed E-state index contributed by atoms with van der Waals surface area (Å²) in [7, 11) is 0. The molecule has 0 radical (unpaired) electrons. The number of fused-ring (bicyclic) bond motifs is 5. The van der Waals surface area contributed by atoms with E-state index in [0.29, 0.717) is 34.2 Å². The number of hydrogen-bond acceptors (Lipinski definition) is 2. The highest BCUT2D eigenvalue weighted by atomic mass is 16.1. The Morgan fingerprint density at radius 1 is 0.905 bits per heavy atom. The van der Waals surface area contributed by atoms with Crippen LogP contribution in [0.1, 0.15) is 71.6 Å². The van der Waals surface area contributed by atoms with E-state index in [4.69, 9.17) is 0 Å². The summed E-state index contributed by atoms with van der Waals surface area (Å²) in [5.74, 6) is 3.79. The summed E-state index contributed by atoms with van der Waals surface area (Å²) in [6, 6.07) is 0. The van der Waals surface area contributed by atoms with Crippen LogP contribution >= 0.6 is 0 Å². The standard InChI is InChI=1S/C19H28O2/c1-18-7-6-16-15(17(18)10-14(21)11-18)4-3-12-9-13(20)5-8-19(12,16)2/h12,15-17H,3-11H2,1-2H3/t12-,15+,16-,17-,18+,19-/m0/s1. The third kappa shape index (κ3) is 1.90. The normalized spacial score (nSPS) is 53.0. The molecular weight excluding hydrogens is 260 g/mol. The van der Waals surface area contributed by atoms with Gasteiger partial charge in [0.05, 0.1) is 0 Å². The second-order valence-electron chi connectivity index (χ2n) is 9.01. The fraction of sp³-hybridized carbons (Fsp3) is 0.895. The first-order chi connectivity index (χ1) is 9.92. The van der Waals surface area contributed by atoms with E-state index in [-0.39, 0.29) is 0 Å². The van der Waals surface area contributed by atoms with Gasteiger partial charge in [-0.1, -0.05) is 13.8 Å². The first-order valence-electron chi connectivity index (χ1n) is 8.96. The molecular formula is C19H28O2. The highest BCUT2D eigenvalue weighted by Gasteiger charge is 2.59. The van der Waals surface area contributed by atoms with E-state index in [1.54, 1.807) is 0 Å². The SMILES string of the molecule is C[C@]12CC[C@H]3[C@@H](CC[C@H]4CC(=O)CC[C@@]43C)[C@@H]1CC(=O)C2. The van der Waals surface area contributed by atoms with E-state index in [1.165, 1.54) is 25.7 Å². The summed E-state index contributed by atoms with van der Waals surface area (Å²) in [4.78, 5) is 23.9. The Balaban J connectivity index is 1.65. The highest BCUT2D eigenvalue weighted by molar-refractivity contribution is 5.82. The van der Waals surface area contributed by atoms with Crippen LogP contribution in [0.3, 0.4) is 0 Å². The van der Waals surface area contributed by atoms with Crippen LogP contribution in [0, 0.1) is 34.5 Å². The molecule has 0 aromatic heterocycles. The van der Waals surface area contributed by atoms with E-state index >= 15 is 0 Å². The molecule has 4 aliphatic carbocycles. The lowest BCUT2D eigenvalue weighted by atomic mass is 9.45. The van der Waals surface area contributed by atoms with Crippen molar-refractivity contribution < 1.29 is 9.59 Å². The number of hydrogen-bond donors (Lipinski definition) is 0. The van der Waals surface area contributed by atoms with Crippen molar-refractivity contribution in [3.05, 3.63) is 0 Å². The fourth-order valence-electron chi connectivity index (χ4n) is 6.82. The Morgan fingerprint density at radius 3 is 2.52 bits per heavy atom. The van der Waals surface area contributed by atoms with Crippen molar-refractivity contribution in [3.8, 4) is 0 Å². The van der Waals surface area contributed by atoms with Gasteiger partial charge >= 0.3 is 0 Å². The minimum absolute atomic E-state index is 0.298. The molecule has 4 saturated carbocycles. The third-order valence-electron chi connectivity index (χ3n) is 8.05. The van der Waals surface area contributed by atoms with Crippen molar-refractivity contribution in [1.29, 1.82) is 0 Å². The Morgan fingerprint density at radius 2 is 1.71 bits per heavy atom. The monoisotopic (exact) mass is 288 g/mol. The van der Waals surface area contributed by atoms with Crippen LogP contribution in [0.25, 0.3) is 0 Å². The molecule has 0 unspecified atom stereocenters. The van der Waals surface area contributed by atoms with Crippen LogP contribution in [0.4, 0.5) is 0 Å². The highest BCUT2D eigenvalue weighted by Crippen LogP contribution is 2.65. The van der Waals surface area contributed by atoms with E-state index in [2.05, 4.69) is 13.8 Å². The van der Waals surface area contributed by atoms with Gasteiger partial charge < -0.3 is 0 Å². The first kappa shape index (κ1) is 14.0. The van der Waals surface area contributed by atoms with Gasteiger partial charge in [0, 0.05) is 25.7 Å². The number of carbonyl (C=O) groups is 2. The molecule has 0 aromatic carbocycles. The molecule has 0 aliphatic heterocycles. The van der Waals surface area contributed by atoms with E-state index < -0.39 is 0 Å². The van der Waals surface area contributed by atoms with Gasteiger partial charge in [-0.2, -0.15) is 0 Å². The Hall–Kier alpha value is -0.660. The van der Waals surface area contributed by atoms with Crippen molar-refractivity contribution in [3.63, 3.8) is 0 Å². The number of carbonyl (C=O) groups excluding carboxylic acids is 2. The molecule has 6 atom stereocenters. The maximum Gasteiger partial charge on any atom is 0.133 e. The molecule has 0 saturated heterocycles. The molecule has 21 heavy (non-hydrogen) atoms. The van der Waals surface area contributed by atoms with Gasteiger partial charge in [-0.05, 0) is 66.6 Å². The summed E-state index contributed by atoms with van der Waals surface area (Å²) in [5.41, 5.74) is 0.676.